The molecule has 1 aromatic heterocycles. The van der Waals surface area contributed by atoms with Crippen LogP contribution >= 0.6 is 0 Å². The van der Waals surface area contributed by atoms with E-state index in [0.29, 0.717) is 6.54 Å². The van der Waals surface area contributed by atoms with Crippen LogP contribution in [-0.4, -0.2) is 34.7 Å². The number of halogens is 1. The van der Waals surface area contributed by atoms with Crippen molar-refractivity contribution < 1.29 is 13.9 Å². The Morgan fingerprint density at radius 1 is 1.24 bits per heavy atom. The zero-order chi connectivity index (χ0) is 17.8. The molecule has 2 aromatic carbocycles. The number of rotatable bonds is 5. The van der Waals surface area contributed by atoms with Gasteiger partial charge in [-0.2, -0.15) is 5.10 Å². The summed E-state index contributed by atoms with van der Waals surface area (Å²) in [6.45, 7) is 0.374. The molecule has 0 spiro atoms. The second kappa shape index (κ2) is 7.17. The number of amides is 1. The molecule has 0 saturated carbocycles. The van der Waals surface area contributed by atoms with Crippen LogP contribution in [-0.2, 0) is 6.54 Å². The van der Waals surface area contributed by atoms with Crippen LogP contribution in [0.25, 0.3) is 5.69 Å². The third-order valence-electron chi connectivity index (χ3n) is 3.82. The van der Waals surface area contributed by atoms with Gasteiger partial charge in [0.05, 0.1) is 19.0 Å². The summed E-state index contributed by atoms with van der Waals surface area (Å²) in [6.07, 6.45) is 3.58. The van der Waals surface area contributed by atoms with Gasteiger partial charge in [0.1, 0.15) is 0 Å². The van der Waals surface area contributed by atoms with Crippen LogP contribution in [0.3, 0.4) is 0 Å². The quantitative estimate of drug-likeness (QED) is 0.717. The molecular weight excluding hydrogens is 321 g/mol. The Bertz CT molecular complexity index is 877. The van der Waals surface area contributed by atoms with E-state index in [0.717, 1.165) is 11.3 Å². The molecule has 25 heavy (non-hydrogen) atoms. The second-order valence-corrected chi connectivity index (χ2v) is 5.64. The summed E-state index contributed by atoms with van der Waals surface area (Å²) >= 11 is 0. The number of carbonyl (C=O) groups excluding carboxylic acids is 1. The lowest BCUT2D eigenvalue weighted by molar-refractivity contribution is 0.0784. The molecule has 0 unspecified atom stereocenters. The predicted octanol–water partition coefficient (Wildman–Crippen LogP) is 3.29. The van der Waals surface area contributed by atoms with Gasteiger partial charge in [-0.25, -0.2) is 9.07 Å². The van der Waals surface area contributed by atoms with Crippen molar-refractivity contribution in [3.63, 3.8) is 0 Å². The van der Waals surface area contributed by atoms with Crippen molar-refractivity contribution in [2.75, 3.05) is 14.2 Å². The molecule has 1 amide bonds. The van der Waals surface area contributed by atoms with Gasteiger partial charge in [-0.3, -0.25) is 4.79 Å². The zero-order valence-electron chi connectivity index (χ0n) is 14.0. The van der Waals surface area contributed by atoms with Gasteiger partial charge in [-0.05, 0) is 30.3 Å². The zero-order valence-corrected chi connectivity index (χ0v) is 14.0. The molecule has 0 N–H and O–H groups in total. The molecular formula is C19H18FN3O2. The van der Waals surface area contributed by atoms with Crippen LogP contribution in [0.2, 0.25) is 0 Å². The fourth-order valence-electron chi connectivity index (χ4n) is 2.53. The molecule has 0 saturated heterocycles. The monoisotopic (exact) mass is 339 g/mol. The molecule has 5 nitrogen and oxygen atoms in total. The van der Waals surface area contributed by atoms with E-state index in [9.17, 15) is 9.18 Å². The van der Waals surface area contributed by atoms with Gasteiger partial charge in [0.15, 0.2) is 11.6 Å². The van der Waals surface area contributed by atoms with Gasteiger partial charge >= 0.3 is 0 Å². The summed E-state index contributed by atoms with van der Waals surface area (Å²) < 4.78 is 20.4. The van der Waals surface area contributed by atoms with Crippen molar-refractivity contribution >= 4 is 5.91 Å². The lowest BCUT2D eigenvalue weighted by Crippen LogP contribution is -2.26. The smallest absolute Gasteiger partial charge is 0.254 e. The van der Waals surface area contributed by atoms with Crippen LogP contribution in [0.5, 0.6) is 5.75 Å². The van der Waals surface area contributed by atoms with Gasteiger partial charge in [0.2, 0.25) is 0 Å². The number of para-hydroxylation sites is 1. The van der Waals surface area contributed by atoms with E-state index >= 15 is 0 Å². The second-order valence-electron chi connectivity index (χ2n) is 5.64. The summed E-state index contributed by atoms with van der Waals surface area (Å²) in [5.74, 6) is -0.712. The van der Waals surface area contributed by atoms with Crippen molar-refractivity contribution in [2.24, 2.45) is 0 Å². The van der Waals surface area contributed by atoms with E-state index in [1.165, 1.54) is 24.1 Å². The minimum Gasteiger partial charge on any atom is -0.494 e. The molecule has 0 aliphatic heterocycles. The van der Waals surface area contributed by atoms with Crippen LogP contribution in [0.15, 0.2) is 60.9 Å². The molecule has 0 fully saturated rings. The third-order valence-corrected chi connectivity index (χ3v) is 3.82. The molecule has 0 aliphatic carbocycles. The number of benzene rings is 2. The van der Waals surface area contributed by atoms with Crippen LogP contribution < -0.4 is 4.74 Å². The first-order chi connectivity index (χ1) is 12.1. The summed E-state index contributed by atoms with van der Waals surface area (Å²) in [7, 11) is 3.06. The number of methoxy groups -OCH3 is 1. The fraction of sp³-hybridized carbons (Fsp3) is 0.158. The van der Waals surface area contributed by atoms with E-state index in [2.05, 4.69) is 5.10 Å². The molecule has 1 heterocycles. The van der Waals surface area contributed by atoms with E-state index in [-0.39, 0.29) is 17.2 Å². The lowest BCUT2D eigenvalue weighted by atomic mass is 10.2. The van der Waals surface area contributed by atoms with Crippen molar-refractivity contribution in [1.29, 1.82) is 0 Å². The summed E-state index contributed by atoms with van der Waals surface area (Å²) in [6, 6.07) is 13.9. The first kappa shape index (κ1) is 16.7. The maximum Gasteiger partial charge on any atom is 0.254 e. The normalized spacial score (nSPS) is 10.5. The van der Waals surface area contributed by atoms with Crippen molar-refractivity contribution in [3.8, 4) is 11.4 Å². The minimum atomic E-state index is -0.557. The average molecular weight is 339 g/mol. The highest BCUT2D eigenvalue weighted by Gasteiger charge is 2.15. The van der Waals surface area contributed by atoms with E-state index < -0.39 is 5.82 Å². The Hall–Kier alpha value is -3.15. The SMILES string of the molecule is COc1ccc(C(=O)N(C)Cc2cnn(-c3ccccc3)c2)cc1F. The Kier molecular flexibility index (Phi) is 4.79. The van der Waals surface area contributed by atoms with Gasteiger partial charge in [-0.15, -0.1) is 0 Å². The topological polar surface area (TPSA) is 47.4 Å². The highest BCUT2D eigenvalue weighted by Crippen LogP contribution is 2.19. The van der Waals surface area contributed by atoms with Crippen LogP contribution in [0, 0.1) is 5.82 Å². The molecule has 0 bridgehead atoms. The first-order valence-corrected chi connectivity index (χ1v) is 7.76. The molecule has 3 aromatic rings. The molecule has 0 atom stereocenters. The highest BCUT2D eigenvalue weighted by molar-refractivity contribution is 5.94. The lowest BCUT2D eigenvalue weighted by Gasteiger charge is -2.16. The fourth-order valence-corrected chi connectivity index (χ4v) is 2.53. The molecule has 3 rings (SSSR count). The number of hydrogen-bond acceptors (Lipinski definition) is 3. The number of nitrogens with zero attached hydrogens (tertiary/aromatic N) is 3. The number of hydrogen-bond donors (Lipinski definition) is 0. The largest absolute Gasteiger partial charge is 0.494 e. The van der Waals surface area contributed by atoms with E-state index in [1.54, 1.807) is 24.0 Å². The highest BCUT2D eigenvalue weighted by atomic mass is 19.1. The van der Waals surface area contributed by atoms with Gasteiger partial charge in [0, 0.05) is 30.9 Å². The van der Waals surface area contributed by atoms with Gasteiger partial charge in [0.25, 0.3) is 5.91 Å². The van der Waals surface area contributed by atoms with Crippen LogP contribution in [0.1, 0.15) is 15.9 Å². The minimum absolute atomic E-state index is 0.114. The standard InChI is InChI=1S/C19H18FN3O2/c1-22(19(24)15-8-9-18(25-2)17(20)10-15)12-14-11-21-23(13-14)16-6-4-3-5-7-16/h3-11,13H,12H2,1-2H3. The van der Waals surface area contributed by atoms with Crippen molar-refractivity contribution in [1.82, 2.24) is 14.7 Å². The average Bonchev–Trinajstić information content (AvgIpc) is 3.10. The maximum atomic E-state index is 13.8. The maximum absolute atomic E-state index is 13.8. The molecule has 6 heteroatoms. The van der Waals surface area contributed by atoms with Crippen LogP contribution in [0.4, 0.5) is 4.39 Å². The summed E-state index contributed by atoms with van der Waals surface area (Å²) in [5.41, 5.74) is 2.10. The Balaban J connectivity index is 1.72. The van der Waals surface area contributed by atoms with Gasteiger partial charge in [-0.1, -0.05) is 18.2 Å². The first-order valence-electron chi connectivity index (χ1n) is 7.76. The molecule has 0 radical (unpaired) electrons. The number of aromatic nitrogens is 2. The third kappa shape index (κ3) is 3.68. The summed E-state index contributed by atoms with van der Waals surface area (Å²) in [4.78, 5) is 14.0. The van der Waals surface area contributed by atoms with E-state index in [1.807, 2.05) is 36.5 Å². The Morgan fingerprint density at radius 2 is 2.00 bits per heavy atom. The number of ether oxygens (including phenoxy) is 1. The van der Waals surface area contributed by atoms with Crippen molar-refractivity contribution in [2.45, 2.75) is 6.54 Å². The number of carbonyl (C=O) groups is 1. The van der Waals surface area contributed by atoms with E-state index in [4.69, 9.17) is 4.74 Å². The molecule has 0 aliphatic rings. The Labute approximate surface area is 145 Å². The Morgan fingerprint density at radius 3 is 2.68 bits per heavy atom. The van der Waals surface area contributed by atoms with Crippen molar-refractivity contribution in [3.05, 3.63) is 77.9 Å². The predicted molar refractivity (Wildman–Crippen MR) is 92.3 cm³/mol. The van der Waals surface area contributed by atoms with Gasteiger partial charge < -0.3 is 9.64 Å². The summed E-state index contributed by atoms with van der Waals surface area (Å²) in [5, 5.41) is 4.31. The molecule has 128 valence electrons.